The summed E-state index contributed by atoms with van der Waals surface area (Å²) in [6.07, 6.45) is 7.84. The number of hydrogen-bond donors (Lipinski definition) is 2. The Bertz CT molecular complexity index is 599. The standard InChI is InChI=1S/C14H17N3O/c18-14-12-8-11(6-7-13(12)15-9-16-14)17-10-4-2-1-3-5-10/h6-10,17H,1-5H2,(H,15,16,18). The van der Waals surface area contributed by atoms with Crippen LogP contribution in [0.1, 0.15) is 32.1 Å². The van der Waals surface area contributed by atoms with Crippen LogP contribution in [0.2, 0.25) is 0 Å². The van der Waals surface area contributed by atoms with E-state index in [-0.39, 0.29) is 5.56 Å². The Morgan fingerprint density at radius 2 is 2.06 bits per heavy atom. The molecule has 18 heavy (non-hydrogen) atoms. The molecule has 2 aromatic rings. The van der Waals surface area contributed by atoms with Gasteiger partial charge in [0.15, 0.2) is 0 Å². The summed E-state index contributed by atoms with van der Waals surface area (Å²) < 4.78 is 0. The normalized spacial score (nSPS) is 16.9. The van der Waals surface area contributed by atoms with Crippen molar-refractivity contribution in [2.24, 2.45) is 0 Å². The molecule has 1 aromatic heterocycles. The zero-order chi connectivity index (χ0) is 12.4. The predicted molar refractivity (Wildman–Crippen MR) is 72.9 cm³/mol. The summed E-state index contributed by atoms with van der Waals surface area (Å²) in [5.74, 6) is 0. The molecular weight excluding hydrogens is 226 g/mol. The van der Waals surface area contributed by atoms with Crippen molar-refractivity contribution in [3.8, 4) is 0 Å². The van der Waals surface area contributed by atoms with Gasteiger partial charge in [-0.2, -0.15) is 0 Å². The summed E-state index contributed by atoms with van der Waals surface area (Å²) in [5, 5.41) is 4.17. The molecule has 1 saturated carbocycles. The fraction of sp³-hybridized carbons (Fsp3) is 0.429. The van der Waals surface area contributed by atoms with E-state index in [1.807, 2.05) is 18.2 Å². The van der Waals surface area contributed by atoms with Crippen molar-refractivity contribution in [1.82, 2.24) is 9.97 Å². The van der Waals surface area contributed by atoms with Gasteiger partial charge in [0, 0.05) is 11.7 Å². The van der Waals surface area contributed by atoms with E-state index in [4.69, 9.17) is 0 Å². The average Bonchev–Trinajstić information content (AvgIpc) is 2.41. The van der Waals surface area contributed by atoms with Gasteiger partial charge < -0.3 is 10.3 Å². The zero-order valence-electron chi connectivity index (χ0n) is 10.3. The van der Waals surface area contributed by atoms with Crippen LogP contribution >= 0.6 is 0 Å². The Labute approximate surface area is 105 Å². The molecule has 1 heterocycles. The lowest BCUT2D eigenvalue weighted by molar-refractivity contribution is 0.463. The lowest BCUT2D eigenvalue weighted by Crippen LogP contribution is -2.22. The molecule has 0 amide bonds. The molecule has 3 rings (SSSR count). The summed E-state index contributed by atoms with van der Waals surface area (Å²) in [5.41, 5.74) is 1.69. The van der Waals surface area contributed by atoms with Gasteiger partial charge in [0.1, 0.15) is 0 Å². The fourth-order valence-electron chi connectivity index (χ4n) is 2.64. The lowest BCUT2D eigenvalue weighted by Gasteiger charge is -2.23. The number of nitrogens with zero attached hydrogens (tertiary/aromatic N) is 1. The third-order valence-corrected chi connectivity index (χ3v) is 3.62. The topological polar surface area (TPSA) is 57.8 Å². The first-order valence-corrected chi connectivity index (χ1v) is 6.57. The zero-order valence-corrected chi connectivity index (χ0v) is 10.3. The number of aromatic nitrogens is 2. The minimum absolute atomic E-state index is 0.0766. The molecule has 1 aliphatic rings. The third kappa shape index (κ3) is 2.23. The minimum atomic E-state index is -0.0766. The van der Waals surface area contributed by atoms with Crippen LogP contribution in [0.25, 0.3) is 10.9 Å². The third-order valence-electron chi connectivity index (χ3n) is 3.62. The van der Waals surface area contributed by atoms with Gasteiger partial charge in [0.05, 0.1) is 17.2 Å². The van der Waals surface area contributed by atoms with Crippen LogP contribution < -0.4 is 10.9 Å². The van der Waals surface area contributed by atoms with E-state index < -0.39 is 0 Å². The highest BCUT2D eigenvalue weighted by molar-refractivity contribution is 5.81. The smallest absolute Gasteiger partial charge is 0.258 e. The van der Waals surface area contributed by atoms with Crippen LogP contribution in [0.15, 0.2) is 29.3 Å². The van der Waals surface area contributed by atoms with E-state index in [0.717, 1.165) is 11.2 Å². The van der Waals surface area contributed by atoms with Crippen LogP contribution in [0.5, 0.6) is 0 Å². The lowest BCUT2D eigenvalue weighted by atomic mass is 9.95. The maximum absolute atomic E-state index is 11.7. The Morgan fingerprint density at radius 1 is 1.22 bits per heavy atom. The Morgan fingerprint density at radius 3 is 2.89 bits per heavy atom. The number of rotatable bonds is 2. The van der Waals surface area contributed by atoms with Gasteiger partial charge in [-0.1, -0.05) is 19.3 Å². The highest BCUT2D eigenvalue weighted by atomic mass is 16.1. The van der Waals surface area contributed by atoms with Crippen LogP contribution in [0.4, 0.5) is 5.69 Å². The average molecular weight is 243 g/mol. The largest absolute Gasteiger partial charge is 0.382 e. The van der Waals surface area contributed by atoms with Crippen molar-refractivity contribution in [2.45, 2.75) is 38.1 Å². The number of aromatic amines is 1. The van der Waals surface area contributed by atoms with Crippen molar-refractivity contribution in [3.63, 3.8) is 0 Å². The molecule has 0 saturated heterocycles. The van der Waals surface area contributed by atoms with Gasteiger partial charge in [0.25, 0.3) is 5.56 Å². The Balaban J connectivity index is 1.88. The predicted octanol–water partition coefficient (Wildman–Crippen LogP) is 2.67. The summed E-state index contributed by atoms with van der Waals surface area (Å²) >= 11 is 0. The maximum Gasteiger partial charge on any atom is 0.258 e. The van der Waals surface area contributed by atoms with Gasteiger partial charge >= 0.3 is 0 Å². The summed E-state index contributed by atoms with van der Waals surface area (Å²) in [7, 11) is 0. The molecule has 4 heteroatoms. The van der Waals surface area contributed by atoms with Gasteiger partial charge in [-0.05, 0) is 31.0 Å². The van der Waals surface area contributed by atoms with Crippen LogP contribution in [-0.2, 0) is 0 Å². The Kier molecular flexibility index (Phi) is 3.00. The first kappa shape index (κ1) is 11.3. The molecule has 0 spiro atoms. The molecule has 1 aromatic carbocycles. The minimum Gasteiger partial charge on any atom is -0.382 e. The molecule has 0 aliphatic heterocycles. The van der Waals surface area contributed by atoms with Gasteiger partial charge in [0.2, 0.25) is 0 Å². The summed E-state index contributed by atoms with van der Waals surface area (Å²) in [6, 6.07) is 6.35. The van der Waals surface area contributed by atoms with Crippen LogP contribution in [0, 0.1) is 0 Å². The van der Waals surface area contributed by atoms with Crippen LogP contribution in [-0.4, -0.2) is 16.0 Å². The molecule has 0 bridgehead atoms. The van der Waals surface area contributed by atoms with E-state index in [2.05, 4.69) is 15.3 Å². The monoisotopic (exact) mass is 243 g/mol. The second-order valence-corrected chi connectivity index (χ2v) is 4.94. The molecule has 94 valence electrons. The number of benzene rings is 1. The number of anilines is 1. The van der Waals surface area contributed by atoms with E-state index in [1.54, 1.807) is 0 Å². The summed E-state index contributed by atoms with van der Waals surface area (Å²) in [6.45, 7) is 0. The number of H-pyrrole nitrogens is 1. The van der Waals surface area contributed by atoms with E-state index in [1.165, 1.54) is 38.4 Å². The van der Waals surface area contributed by atoms with E-state index in [0.29, 0.717) is 11.4 Å². The molecule has 1 fully saturated rings. The first-order chi connectivity index (χ1) is 8.83. The Hall–Kier alpha value is -1.84. The van der Waals surface area contributed by atoms with Crippen molar-refractivity contribution in [1.29, 1.82) is 0 Å². The van der Waals surface area contributed by atoms with Crippen molar-refractivity contribution < 1.29 is 0 Å². The van der Waals surface area contributed by atoms with Crippen molar-refractivity contribution in [2.75, 3.05) is 5.32 Å². The van der Waals surface area contributed by atoms with E-state index >= 15 is 0 Å². The highest BCUT2D eigenvalue weighted by Gasteiger charge is 2.13. The van der Waals surface area contributed by atoms with Crippen molar-refractivity contribution in [3.05, 3.63) is 34.9 Å². The second kappa shape index (κ2) is 4.80. The number of hydrogen-bond acceptors (Lipinski definition) is 3. The quantitative estimate of drug-likeness (QED) is 0.852. The highest BCUT2D eigenvalue weighted by Crippen LogP contribution is 2.22. The SMILES string of the molecule is O=c1[nH]cnc2ccc(NC3CCCCC3)cc12. The molecule has 0 atom stereocenters. The van der Waals surface area contributed by atoms with Gasteiger partial charge in [-0.15, -0.1) is 0 Å². The molecular formula is C14H17N3O. The first-order valence-electron chi connectivity index (χ1n) is 6.57. The maximum atomic E-state index is 11.7. The van der Waals surface area contributed by atoms with Gasteiger partial charge in [-0.25, -0.2) is 4.98 Å². The number of fused-ring (bicyclic) bond motifs is 1. The number of nitrogens with one attached hydrogen (secondary N) is 2. The molecule has 1 aliphatic carbocycles. The molecule has 4 nitrogen and oxygen atoms in total. The summed E-state index contributed by atoms with van der Waals surface area (Å²) in [4.78, 5) is 18.5. The van der Waals surface area contributed by atoms with Crippen molar-refractivity contribution >= 4 is 16.6 Å². The fourth-order valence-corrected chi connectivity index (χ4v) is 2.64. The molecule has 2 N–H and O–H groups in total. The second-order valence-electron chi connectivity index (χ2n) is 4.94. The van der Waals surface area contributed by atoms with Gasteiger partial charge in [-0.3, -0.25) is 4.79 Å². The molecule has 0 radical (unpaired) electrons. The van der Waals surface area contributed by atoms with Crippen LogP contribution in [0.3, 0.4) is 0 Å². The van der Waals surface area contributed by atoms with E-state index in [9.17, 15) is 4.79 Å². The molecule has 0 unspecified atom stereocenters.